The quantitative estimate of drug-likeness (QED) is 0.231. The summed E-state index contributed by atoms with van der Waals surface area (Å²) in [6, 6.07) is 9.46. The number of hydrogen-bond acceptors (Lipinski definition) is 10. The molecular formula is C21H19N9O3. The molecule has 2 aromatic carbocycles. The molecule has 0 bridgehead atoms. The van der Waals surface area contributed by atoms with Gasteiger partial charge < -0.3 is 16.6 Å². The fourth-order valence-electron chi connectivity index (χ4n) is 3.49. The van der Waals surface area contributed by atoms with Gasteiger partial charge in [-0.2, -0.15) is 5.26 Å². The van der Waals surface area contributed by atoms with Crippen LogP contribution in [0, 0.1) is 11.3 Å². The van der Waals surface area contributed by atoms with Crippen molar-refractivity contribution in [2.24, 2.45) is 11.5 Å². The van der Waals surface area contributed by atoms with Crippen molar-refractivity contribution in [3.8, 4) is 11.8 Å². The third-order valence-corrected chi connectivity index (χ3v) is 5.07. The van der Waals surface area contributed by atoms with Crippen molar-refractivity contribution in [3.05, 3.63) is 65.2 Å². The van der Waals surface area contributed by atoms with Crippen molar-refractivity contribution >= 4 is 34.2 Å². The summed E-state index contributed by atoms with van der Waals surface area (Å²) in [5, 5.41) is 22.7. The largest absolute Gasteiger partial charge is 0.505 e. The summed E-state index contributed by atoms with van der Waals surface area (Å²) in [4.78, 5) is 32.0. The van der Waals surface area contributed by atoms with Gasteiger partial charge in [-0.1, -0.05) is 6.07 Å². The molecule has 0 spiro atoms. The van der Waals surface area contributed by atoms with Crippen LogP contribution >= 0.6 is 0 Å². The Bertz CT molecular complexity index is 1350. The molecule has 2 amide bonds. The smallest absolute Gasteiger partial charge is 0.253 e. The Morgan fingerprint density at radius 2 is 1.91 bits per heavy atom. The Morgan fingerprint density at radius 3 is 2.55 bits per heavy atom. The number of nitrogens with two attached hydrogens (primary N) is 2. The van der Waals surface area contributed by atoms with Gasteiger partial charge >= 0.3 is 0 Å². The van der Waals surface area contributed by atoms with Crippen LogP contribution < -0.4 is 32.8 Å². The molecule has 0 radical (unpaired) electrons. The summed E-state index contributed by atoms with van der Waals surface area (Å²) in [5.41, 5.74) is 20.1. The number of nitriles is 1. The third-order valence-electron chi connectivity index (χ3n) is 5.07. The zero-order valence-electron chi connectivity index (χ0n) is 17.3. The maximum Gasteiger partial charge on any atom is 0.253 e. The van der Waals surface area contributed by atoms with Gasteiger partial charge in [0.2, 0.25) is 11.9 Å². The number of fused-ring (bicyclic) bond motifs is 1. The standard InChI is InChI=1S/C21H19N9O3/c1-10-14(9-22)20(30(29-10)21-25-5-2-6-26-21)28-27-15-8-11-3-4-12(18(23)32)7-13(11)16(17(15)31)19(24)33/h2-8,10,27-29,31H,1H3,(H2,23,32)(H2,24,33). The number of phenols is 1. The molecule has 0 saturated heterocycles. The first kappa shape index (κ1) is 21.3. The van der Waals surface area contributed by atoms with Crippen molar-refractivity contribution < 1.29 is 14.7 Å². The molecule has 1 atom stereocenters. The van der Waals surface area contributed by atoms with Gasteiger partial charge in [-0.25, -0.2) is 20.4 Å². The number of hydrogen-bond donors (Lipinski definition) is 6. The van der Waals surface area contributed by atoms with E-state index >= 15 is 0 Å². The number of anilines is 2. The van der Waals surface area contributed by atoms with Gasteiger partial charge in [-0.15, -0.1) is 0 Å². The summed E-state index contributed by atoms with van der Waals surface area (Å²) in [6.07, 6.45) is 3.11. The van der Waals surface area contributed by atoms with E-state index in [1.165, 1.54) is 17.1 Å². The first-order chi connectivity index (χ1) is 15.8. The Labute approximate surface area is 187 Å². The topological polar surface area (TPSA) is 195 Å². The van der Waals surface area contributed by atoms with Crippen LogP contribution in [0.25, 0.3) is 10.8 Å². The van der Waals surface area contributed by atoms with E-state index in [2.05, 4.69) is 32.3 Å². The highest BCUT2D eigenvalue weighted by Gasteiger charge is 2.31. The number of benzene rings is 2. The number of nitrogens with one attached hydrogen (secondary N) is 3. The summed E-state index contributed by atoms with van der Waals surface area (Å²) in [7, 11) is 0. The van der Waals surface area contributed by atoms with Gasteiger partial charge in [-0.05, 0) is 42.0 Å². The predicted octanol–water partition coefficient (Wildman–Crippen LogP) is 0.598. The average Bonchev–Trinajstić information content (AvgIpc) is 3.12. The first-order valence-electron chi connectivity index (χ1n) is 9.70. The van der Waals surface area contributed by atoms with Gasteiger partial charge in [0.05, 0.1) is 22.9 Å². The minimum absolute atomic E-state index is 0.112. The van der Waals surface area contributed by atoms with Crippen LogP contribution in [0.3, 0.4) is 0 Å². The van der Waals surface area contributed by atoms with Crippen LogP contribution in [-0.4, -0.2) is 32.9 Å². The van der Waals surface area contributed by atoms with E-state index in [9.17, 15) is 20.0 Å². The van der Waals surface area contributed by atoms with E-state index in [4.69, 9.17) is 11.5 Å². The van der Waals surface area contributed by atoms with Crippen LogP contribution in [0.15, 0.2) is 54.1 Å². The number of amides is 2. The van der Waals surface area contributed by atoms with Crippen molar-refractivity contribution in [1.82, 2.24) is 20.8 Å². The highest BCUT2D eigenvalue weighted by atomic mass is 16.3. The second-order valence-electron chi connectivity index (χ2n) is 7.17. The average molecular weight is 445 g/mol. The normalized spacial score (nSPS) is 15.4. The third kappa shape index (κ3) is 3.80. The fraction of sp³-hybridized carbons (Fsp3) is 0.0952. The van der Waals surface area contributed by atoms with Gasteiger partial charge in [0.25, 0.3) is 5.91 Å². The summed E-state index contributed by atoms with van der Waals surface area (Å²) < 4.78 is 0. The Kier molecular flexibility index (Phi) is 5.39. The molecule has 0 aliphatic carbocycles. The monoisotopic (exact) mass is 445 g/mol. The van der Waals surface area contributed by atoms with E-state index in [1.54, 1.807) is 37.5 Å². The van der Waals surface area contributed by atoms with Crippen molar-refractivity contribution in [2.75, 3.05) is 10.4 Å². The molecule has 12 nitrogen and oxygen atoms in total. The predicted molar refractivity (Wildman–Crippen MR) is 119 cm³/mol. The molecule has 1 aliphatic rings. The second kappa shape index (κ2) is 8.33. The molecule has 1 aliphatic heterocycles. The van der Waals surface area contributed by atoms with Crippen molar-refractivity contribution in [3.63, 3.8) is 0 Å². The number of nitrogens with zero attached hydrogens (tertiary/aromatic N) is 4. The maximum absolute atomic E-state index is 12.1. The van der Waals surface area contributed by atoms with Gasteiger partial charge in [0.1, 0.15) is 6.07 Å². The van der Waals surface area contributed by atoms with Gasteiger partial charge in [0, 0.05) is 18.0 Å². The lowest BCUT2D eigenvalue weighted by Crippen LogP contribution is -2.41. The van der Waals surface area contributed by atoms with Crippen LogP contribution in [-0.2, 0) is 0 Å². The number of aromatic hydroxyl groups is 1. The number of aromatic nitrogens is 2. The molecule has 0 fully saturated rings. The molecular weight excluding hydrogens is 426 g/mol. The molecule has 1 unspecified atom stereocenters. The summed E-state index contributed by atoms with van der Waals surface area (Å²) >= 11 is 0. The van der Waals surface area contributed by atoms with Crippen LogP contribution in [0.2, 0.25) is 0 Å². The molecule has 2 heterocycles. The van der Waals surface area contributed by atoms with E-state index < -0.39 is 17.6 Å². The minimum Gasteiger partial charge on any atom is -0.505 e. The number of rotatable bonds is 6. The number of carbonyl (C=O) groups is 2. The molecule has 1 aromatic heterocycles. The molecule has 33 heavy (non-hydrogen) atoms. The first-order valence-corrected chi connectivity index (χ1v) is 9.70. The number of carbonyl (C=O) groups excluding carboxylic acids is 2. The zero-order chi connectivity index (χ0) is 23.7. The lowest BCUT2D eigenvalue weighted by Gasteiger charge is -2.22. The SMILES string of the molecule is CC1NN(c2ncccn2)C(NNc2cc3ccc(C(N)=O)cc3c(C(N)=O)c2O)=C1C#N. The van der Waals surface area contributed by atoms with Gasteiger partial charge in [0.15, 0.2) is 11.6 Å². The van der Waals surface area contributed by atoms with E-state index in [1.807, 2.05) is 0 Å². The molecule has 4 rings (SSSR count). The molecule has 3 aromatic rings. The van der Waals surface area contributed by atoms with Crippen molar-refractivity contribution in [2.45, 2.75) is 13.0 Å². The van der Waals surface area contributed by atoms with Crippen LogP contribution in [0.1, 0.15) is 27.6 Å². The van der Waals surface area contributed by atoms with Crippen LogP contribution in [0.5, 0.6) is 5.75 Å². The highest BCUT2D eigenvalue weighted by molar-refractivity contribution is 6.12. The molecule has 166 valence electrons. The fourth-order valence-corrected chi connectivity index (χ4v) is 3.49. The summed E-state index contributed by atoms with van der Waals surface area (Å²) in [5.74, 6) is -1.42. The Balaban J connectivity index is 1.74. The zero-order valence-corrected chi connectivity index (χ0v) is 17.3. The molecule has 12 heteroatoms. The van der Waals surface area contributed by atoms with E-state index in [-0.39, 0.29) is 28.2 Å². The Hall–Kier alpha value is -4.89. The van der Waals surface area contributed by atoms with Crippen molar-refractivity contribution in [1.29, 1.82) is 5.26 Å². The highest BCUT2D eigenvalue weighted by Crippen LogP contribution is 2.35. The van der Waals surface area contributed by atoms with Gasteiger partial charge in [-0.3, -0.25) is 20.4 Å². The lowest BCUT2D eigenvalue weighted by molar-refractivity contribution is 0.0989. The minimum atomic E-state index is -0.893. The van der Waals surface area contributed by atoms with Crippen LogP contribution in [0.4, 0.5) is 11.6 Å². The second-order valence-corrected chi connectivity index (χ2v) is 7.17. The lowest BCUT2D eigenvalue weighted by atomic mass is 9.99. The number of primary amides is 2. The summed E-state index contributed by atoms with van der Waals surface area (Å²) in [6.45, 7) is 1.79. The maximum atomic E-state index is 12.1. The van der Waals surface area contributed by atoms with E-state index in [0.29, 0.717) is 22.7 Å². The van der Waals surface area contributed by atoms with E-state index in [0.717, 1.165) is 0 Å². The molecule has 8 N–H and O–H groups in total. The molecule has 0 saturated carbocycles. The Morgan fingerprint density at radius 1 is 1.18 bits per heavy atom. The number of hydrazine groups is 2.